The molecule has 1 aliphatic carbocycles. The highest BCUT2D eigenvalue weighted by molar-refractivity contribution is 7.08. The van der Waals surface area contributed by atoms with Crippen molar-refractivity contribution in [3.63, 3.8) is 0 Å². The second kappa shape index (κ2) is 5.10. The standard InChI is InChI=1S/C13H17NO3S/c1-9-6-18-7-10(9)11(15)14-8-13(12(16)17)4-2-3-5-13/h6-7H,2-5,8H2,1H3,(H,14,15)(H,16,17). The summed E-state index contributed by atoms with van der Waals surface area (Å²) in [6.45, 7) is 2.12. The predicted octanol–water partition coefficient (Wildman–Crippen LogP) is 2.43. The van der Waals surface area contributed by atoms with Crippen LogP contribution in [0, 0.1) is 12.3 Å². The summed E-state index contributed by atoms with van der Waals surface area (Å²) in [5.41, 5.74) is 0.839. The van der Waals surface area contributed by atoms with Gasteiger partial charge in [0.2, 0.25) is 0 Å². The molecule has 2 rings (SSSR count). The molecule has 5 heteroatoms. The molecule has 98 valence electrons. The van der Waals surface area contributed by atoms with Crippen LogP contribution < -0.4 is 5.32 Å². The number of carboxylic acids is 1. The van der Waals surface area contributed by atoms with Crippen LogP contribution in [0.15, 0.2) is 10.8 Å². The number of rotatable bonds is 4. The molecule has 0 atom stereocenters. The van der Waals surface area contributed by atoms with Gasteiger partial charge < -0.3 is 10.4 Å². The second-order valence-electron chi connectivity index (χ2n) is 4.94. The van der Waals surface area contributed by atoms with Gasteiger partial charge in [-0.05, 0) is 30.7 Å². The van der Waals surface area contributed by atoms with Crippen LogP contribution in [0.25, 0.3) is 0 Å². The molecule has 2 N–H and O–H groups in total. The van der Waals surface area contributed by atoms with Crippen molar-refractivity contribution in [3.05, 3.63) is 21.9 Å². The van der Waals surface area contributed by atoms with Gasteiger partial charge in [0.05, 0.1) is 11.0 Å². The first kappa shape index (κ1) is 13.1. The minimum atomic E-state index is -0.789. The van der Waals surface area contributed by atoms with E-state index >= 15 is 0 Å². The predicted molar refractivity (Wildman–Crippen MR) is 69.9 cm³/mol. The average Bonchev–Trinajstić information content (AvgIpc) is 2.95. The van der Waals surface area contributed by atoms with E-state index in [4.69, 9.17) is 0 Å². The summed E-state index contributed by atoms with van der Waals surface area (Å²) in [5, 5.41) is 15.8. The zero-order valence-corrected chi connectivity index (χ0v) is 11.2. The minimum Gasteiger partial charge on any atom is -0.481 e. The van der Waals surface area contributed by atoms with Gasteiger partial charge in [0.15, 0.2) is 0 Å². The Kier molecular flexibility index (Phi) is 3.71. The summed E-state index contributed by atoms with van der Waals surface area (Å²) in [7, 11) is 0. The minimum absolute atomic E-state index is 0.165. The molecule has 0 aromatic carbocycles. The highest BCUT2D eigenvalue weighted by atomic mass is 32.1. The zero-order valence-electron chi connectivity index (χ0n) is 10.4. The Morgan fingerprint density at radius 1 is 1.39 bits per heavy atom. The number of amides is 1. The van der Waals surface area contributed by atoms with E-state index in [9.17, 15) is 14.7 Å². The number of hydrogen-bond acceptors (Lipinski definition) is 3. The van der Waals surface area contributed by atoms with Crippen LogP contribution in [0.5, 0.6) is 0 Å². The van der Waals surface area contributed by atoms with Gasteiger partial charge in [-0.25, -0.2) is 0 Å². The number of carbonyl (C=O) groups excluding carboxylic acids is 1. The number of aliphatic carboxylic acids is 1. The molecule has 1 fully saturated rings. The Labute approximate surface area is 110 Å². The van der Waals surface area contributed by atoms with E-state index in [-0.39, 0.29) is 12.5 Å². The van der Waals surface area contributed by atoms with Crippen LogP contribution in [0.2, 0.25) is 0 Å². The summed E-state index contributed by atoms with van der Waals surface area (Å²) in [5.74, 6) is -0.955. The van der Waals surface area contributed by atoms with Crippen LogP contribution in [-0.2, 0) is 4.79 Å². The highest BCUT2D eigenvalue weighted by Gasteiger charge is 2.41. The summed E-state index contributed by atoms with van der Waals surface area (Å²) in [4.78, 5) is 23.3. The first-order chi connectivity index (χ1) is 8.55. The Hall–Kier alpha value is -1.36. The maximum atomic E-state index is 12.0. The van der Waals surface area contributed by atoms with E-state index in [1.54, 1.807) is 5.38 Å². The number of nitrogens with one attached hydrogen (secondary N) is 1. The number of carboxylic acid groups (broad SMARTS) is 1. The van der Waals surface area contributed by atoms with Gasteiger partial charge in [-0.3, -0.25) is 9.59 Å². The molecule has 1 saturated carbocycles. The van der Waals surface area contributed by atoms with Gasteiger partial charge >= 0.3 is 5.97 Å². The number of hydrogen-bond donors (Lipinski definition) is 2. The van der Waals surface area contributed by atoms with Gasteiger partial charge in [0, 0.05) is 11.9 Å². The first-order valence-corrected chi connectivity index (χ1v) is 7.04. The SMILES string of the molecule is Cc1cscc1C(=O)NCC1(C(=O)O)CCCC1. The lowest BCUT2D eigenvalue weighted by Crippen LogP contribution is -2.41. The summed E-state index contributed by atoms with van der Waals surface area (Å²) < 4.78 is 0. The molecule has 4 nitrogen and oxygen atoms in total. The van der Waals surface area contributed by atoms with Gasteiger partial charge in [-0.15, -0.1) is 0 Å². The van der Waals surface area contributed by atoms with E-state index in [1.807, 2.05) is 12.3 Å². The molecule has 0 aliphatic heterocycles. The molecule has 1 aromatic heterocycles. The first-order valence-electron chi connectivity index (χ1n) is 6.09. The maximum Gasteiger partial charge on any atom is 0.311 e. The molecule has 0 bridgehead atoms. The van der Waals surface area contributed by atoms with Crippen LogP contribution in [0.3, 0.4) is 0 Å². The topological polar surface area (TPSA) is 66.4 Å². The third-order valence-electron chi connectivity index (χ3n) is 3.70. The van der Waals surface area contributed by atoms with Gasteiger partial charge in [0.25, 0.3) is 5.91 Å². The Morgan fingerprint density at radius 2 is 2.06 bits per heavy atom. The summed E-state index contributed by atoms with van der Waals surface area (Å²) >= 11 is 1.48. The molecule has 1 aliphatic rings. The highest BCUT2D eigenvalue weighted by Crippen LogP contribution is 2.37. The number of thiophene rings is 1. The maximum absolute atomic E-state index is 12.0. The van der Waals surface area contributed by atoms with Crippen LogP contribution in [0.1, 0.15) is 41.6 Å². The van der Waals surface area contributed by atoms with Crippen LogP contribution in [0.4, 0.5) is 0 Å². The van der Waals surface area contributed by atoms with Crippen molar-refractivity contribution in [1.29, 1.82) is 0 Å². The third-order valence-corrected chi connectivity index (χ3v) is 4.56. The van der Waals surface area contributed by atoms with Crippen molar-refractivity contribution < 1.29 is 14.7 Å². The van der Waals surface area contributed by atoms with Crippen molar-refractivity contribution in [3.8, 4) is 0 Å². The molecule has 0 radical (unpaired) electrons. The summed E-state index contributed by atoms with van der Waals surface area (Å²) in [6.07, 6.45) is 3.18. The van der Waals surface area contributed by atoms with Crippen molar-refractivity contribution in [1.82, 2.24) is 5.32 Å². The molecule has 1 heterocycles. The lowest BCUT2D eigenvalue weighted by Gasteiger charge is -2.23. The zero-order chi connectivity index (χ0) is 13.2. The van der Waals surface area contributed by atoms with Crippen molar-refractivity contribution in [2.75, 3.05) is 6.54 Å². The van der Waals surface area contributed by atoms with E-state index in [0.717, 1.165) is 18.4 Å². The Morgan fingerprint density at radius 3 is 2.56 bits per heavy atom. The fourth-order valence-electron chi connectivity index (χ4n) is 2.46. The molecule has 0 saturated heterocycles. The van der Waals surface area contributed by atoms with Gasteiger partial charge in [0.1, 0.15) is 0 Å². The Bertz CT molecular complexity index is 461. The third kappa shape index (κ3) is 2.41. The monoisotopic (exact) mass is 267 g/mol. The second-order valence-corrected chi connectivity index (χ2v) is 5.69. The molecule has 0 spiro atoms. The van der Waals surface area contributed by atoms with Crippen molar-refractivity contribution in [2.24, 2.45) is 5.41 Å². The van der Waals surface area contributed by atoms with E-state index in [2.05, 4.69) is 5.32 Å². The lowest BCUT2D eigenvalue weighted by molar-refractivity contribution is -0.148. The molecule has 18 heavy (non-hydrogen) atoms. The van der Waals surface area contributed by atoms with Crippen LogP contribution >= 0.6 is 11.3 Å². The normalized spacial score (nSPS) is 17.6. The molecular formula is C13H17NO3S. The molecule has 0 unspecified atom stereocenters. The molecule has 1 aromatic rings. The van der Waals surface area contributed by atoms with Gasteiger partial charge in [-0.1, -0.05) is 12.8 Å². The van der Waals surface area contributed by atoms with E-state index in [1.165, 1.54) is 11.3 Å². The molecular weight excluding hydrogens is 250 g/mol. The Balaban J connectivity index is 2.01. The van der Waals surface area contributed by atoms with Crippen molar-refractivity contribution >= 4 is 23.2 Å². The fraction of sp³-hybridized carbons (Fsp3) is 0.538. The smallest absolute Gasteiger partial charge is 0.311 e. The van der Waals surface area contributed by atoms with Gasteiger partial charge in [-0.2, -0.15) is 11.3 Å². The average molecular weight is 267 g/mol. The fourth-order valence-corrected chi connectivity index (χ4v) is 3.28. The number of aryl methyl sites for hydroxylation is 1. The van der Waals surface area contributed by atoms with E-state index < -0.39 is 11.4 Å². The molecule has 1 amide bonds. The van der Waals surface area contributed by atoms with Crippen LogP contribution in [-0.4, -0.2) is 23.5 Å². The largest absolute Gasteiger partial charge is 0.481 e. The number of carbonyl (C=O) groups is 2. The lowest BCUT2D eigenvalue weighted by atomic mass is 9.86. The van der Waals surface area contributed by atoms with Crippen molar-refractivity contribution in [2.45, 2.75) is 32.6 Å². The quantitative estimate of drug-likeness (QED) is 0.880. The summed E-state index contributed by atoms with van der Waals surface area (Å²) in [6, 6.07) is 0. The van der Waals surface area contributed by atoms with E-state index in [0.29, 0.717) is 18.4 Å².